The summed E-state index contributed by atoms with van der Waals surface area (Å²) in [5.74, 6) is -0.115. The van der Waals surface area contributed by atoms with Gasteiger partial charge < -0.3 is 15.3 Å². The van der Waals surface area contributed by atoms with Gasteiger partial charge in [0.1, 0.15) is 0 Å². The number of aliphatic hydroxyl groups is 1. The Hall–Kier alpha value is -1.21. The van der Waals surface area contributed by atoms with Crippen LogP contribution in [0.25, 0.3) is 0 Å². The number of rotatable bonds is 4. The summed E-state index contributed by atoms with van der Waals surface area (Å²) in [5.41, 5.74) is 0. The van der Waals surface area contributed by atoms with Crippen LogP contribution < -0.4 is 5.32 Å². The molecule has 2 rings (SSSR count). The van der Waals surface area contributed by atoms with Crippen molar-refractivity contribution < 1.29 is 9.90 Å². The third kappa shape index (κ3) is 2.78. The van der Waals surface area contributed by atoms with E-state index in [9.17, 15) is 9.90 Å². The van der Waals surface area contributed by atoms with E-state index in [-0.39, 0.29) is 18.6 Å². The zero-order chi connectivity index (χ0) is 13.0. The van der Waals surface area contributed by atoms with Crippen LogP contribution in [0.5, 0.6) is 0 Å². The minimum Gasteiger partial charge on any atom is -0.394 e. The molecule has 1 aliphatic rings. The number of carbonyl (C=O) groups excluding carboxylic acids is 1. The maximum Gasteiger partial charge on any atom is 0.285 e. The Morgan fingerprint density at radius 2 is 2.39 bits per heavy atom. The van der Waals surface area contributed by atoms with Crippen molar-refractivity contribution in [1.82, 2.24) is 15.1 Å². The van der Waals surface area contributed by atoms with E-state index in [1.807, 2.05) is 6.92 Å². The quantitative estimate of drug-likeness (QED) is 0.852. The maximum absolute atomic E-state index is 12.3. The minimum absolute atomic E-state index is 0.0185. The number of carbonyl (C=O) groups is 1. The molecular weight excluding hydrogens is 252 g/mol. The lowest BCUT2D eigenvalue weighted by atomic mass is 10.0. The van der Waals surface area contributed by atoms with E-state index in [1.165, 1.54) is 11.3 Å². The SMILES string of the molecule is CCNc1nnc(C(=O)N2CCCCC2CO)s1. The first-order chi connectivity index (χ1) is 8.76. The molecule has 6 nitrogen and oxygen atoms in total. The van der Waals surface area contributed by atoms with E-state index < -0.39 is 0 Å². The molecule has 2 N–H and O–H groups in total. The van der Waals surface area contributed by atoms with E-state index in [1.54, 1.807) is 4.90 Å². The smallest absolute Gasteiger partial charge is 0.285 e. The average Bonchev–Trinajstić information content (AvgIpc) is 2.87. The Balaban J connectivity index is 2.08. The van der Waals surface area contributed by atoms with Gasteiger partial charge in [-0.25, -0.2) is 0 Å². The topological polar surface area (TPSA) is 78.4 Å². The average molecular weight is 270 g/mol. The van der Waals surface area contributed by atoms with Crippen molar-refractivity contribution in [1.29, 1.82) is 0 Å². The molecule has 0 saturated carbocycles. The van der Waals surface area contributed by atoms with Crippen LogP contribution in [-0.2, 0) is 0 Å². The first-order valence-corrected chi connectivity index (χ1v) is 7.07. The minimum atomic E-state index is -0.115. The number of nitrogens with zero attached hydrogens (tertiary/aromatic N) is 3. The lowest BCUT2D eigenvalue weighted by Gasteiger charge is -2.33. The molecule has 1 aliphatic heterocycles. The molecule has 1 saturated heterocycles. The van der Waals surface area contributed by atoms with E-state index in [4.69, 9.17) is 0 Å². The van der Waals surface area contributed by atoms with Gasteiger partial charge in [0.2, 0.25) is 10.1 Å². The number of piperidine rings is 1. The summed E-state index contributed by atoms with van der Waals surface area (Å²) < 4.78 is 0. The normalized spacial score (nSPS) is 19.9. The molecule has 0 radical (unpaired) electrons. The summed E-state index contributed by atoms with van der Waals surface area (Å²) in [5, 5.41) is 21.2. The van der Waals surface area contributed by atoms with Gasteiger partial charge in [-0.15, -0.1) is 10.2 Å². The van der Waals surface area contributed by atoms with Crippen LogP contribution in [0.3, 0.4) is 0 Å². The lowest BCUT2D eigenvalue weighted by Crippen LogP contribution is -2.45. The van der Waals surface area contributed by atoms with Crippen LogP contribution >= 0.6 is 11.3 Å². The molecule has 100 valence electrons. The van der Waals surface area contributed by atoms with Crippen LogP contribution in [0.15, 0.2) is 0 Å². The van der Waals surface area contributed by atoms with Gasteiger partial charge in [0.15, 0.2) is 0 Å². The molecule has 18 heavy (non-hydrogen) atoms. The summed E-state index contributed by atoms with van der Waals surface area (Å²) in [6.45, 7) is 3.44. The van der Waals surface area contributed by atoms with Crippen LogP contribution in [0.1, 0.15) is 36.0 Å². The van der Waals surface area contributed by atoms with Crippen LogP contribution in [-0.4, -0.2) is 51.8 Å². The van der Waals surface area contributed by atoms with Crippen LogP contribution in [0.4, 0.5) is 5.13 Å². The molecular formula is C11H18N4O2S. The van der Waals surface area contributed by atoms with E-state index in [0.29, 0.717) is 16.7 Å². The van der Waals surface area contributed by atoms with Gasteiger partial charge in [0.05, 0.1) is 12.6 Å². The first-order valence-electron chi connectivity index (χ1n) is 6.25. The number of nitrogens with one attached hydrogen (secondary N) is 1. The molecule has 0 aliphatic carbocycles. The van der Waals surface area contributed by atoms with Gasteiger partial charge in [0.25, 0.3) is 5.91 Å². The van der Waals surface area contributed by atoms with Crippen molar-refractivity contribution in [3.63, 3.8) is 0 Å². The third-order valence-electron chi connectivity index (χ3n) is 3.03. The molecule has 1 aromatic heterocycles. The third-order valence-corrected chi connectivity index (χ3v) is 3.90. The van der Waals surface area contributed by atoms with Crippen molar-refractivity contribution in [3.05, 3.63) is 5.01 Å². The fraction of sp³-hybridized carbons (Fsp3) is 0.727. The maximum atomic E-state index is 12.3. The van der Waals surface area contributed by atoms with Crippen molar-refractivity contribution in [2.75, 3.05) is 25.0 Å². The van der Waals surface area contributed by atoms with E-state index >= 15 is 0 Å². The van der Waals surface area contributed by atoms with Crippen molar-refractivity contribution in [3.8, 4) is 0 Å². The number of aliphatic hydroxyl groups excluding tert-OH is 1. The molecule has 1 fully saturated rings. The first kappa shape index (κ1) is 13.2. The van der Waals surface area contributed by atoms with Gasteiger partial charge in [-0.1, -0.05) is 11.3 Å². The number of amides is 1. The zero-order valence-electron chi connectivity index (χ0n) is 10.4. The second-order valence-corrected chi connectivity index (χ2v) is 5.25. The molecule has 0 spiro atoms. The molecule has 1 amide bonds. The Kier molecular flexibility index (Phi) is 4.48. The summed E-state index contributed by atoms with van der Waals surface area (Å²) in [7, 11) is 0. The summed E-state index contributed by atoms with van der Waals surface area (Å²) in [6.07, 6.45) is 2.91. The standard InChI is InChI=1S/C11H18N4O2S/c1-2-12-11-14-13-9(18-11)10(17)15-6-4-3-5-8(15)7-16/h8,16H,2-7H2,1H3,(H,12,14). The fourth-order valence-electron chi connectivity index (χ4n) is 2.11. The second kappa shape index (κ2) is 6.10. The van der Waals surface area contributed by atoms with Crippen LogP contribution in [0, 0.1) is 0 Å². The van der Waals surface area contributed by atoms with Gasteiger partial charge in [0, 0.05) is 13.1 Å². The number of anilines is 1. The molecule has 1 unspecified atom stereocenters. The highest BCUT2D eigenvalue weighted by atomic mass is 32.1. The zero-order valence-corrected chi connectivity index (χ0v) is 11.2. The van der Waals surface area contributed by atoms with Gasteiger partial charge in [-0.05, 0) is 26.2 Å². The monoisotopic (exact) mass is 270 g/mol. The summed E-state index contributed by atoms with van der Waals surface area (Å²) >= 11 is 1.27. The van der Waals surface area contributed by atoms with Crippen molar-refractivity contribution in [2.45, 2.75) is 32.2 Å². The van der Waals surface area contributed by atoms with Crippen molar-refractivity contribution >= 4 is 22.4 Å². The molecule has 0 bridgehead atoms. The Labute approximate surface area is 110 Å². The van der Waals surface area contributed by atoms with Crippen molar-refractivity contribution in [2.24, 2.45) is 0 Å². The number of aromatic nitrogens is 2. The summed E-state index contributed by atoms with van der Waals surface area (Å²) in [6, 6.07) is -0.0715. The molecule has 1 atom stereocenters. The van der Waals surface area contributed by atoms with E-state index in [2.05, 4.69) is 15.5 Å². The second-order valence-electron chi connectivity index (χ2n) is 4.27. The van der Waals surface area contributed by atoms with Gasteiger partial charge in [-0.3, -0.25) is 4.79 Å². The predicted molar refractivity (Wildman–Crippen MR) is 69.8 cm³/mol. The number of hydrogen-bond acceptors (Lipinski definition) is 6. The number of hydrogen-bond donors (Lipinski definition) is 2. The highest BCUT2D eigenvalue weighted by Gasteiger charge is 2.28. The summed E-state index contributed by atoms with van der Waals surface area (Å²) in [4.78, 5) is 14.0. The molecule has 7 heteroatoms. The molecule has 2 heterocycles. The number of likely N-dealkylation sites (tertiary alicyclic amines) is 1. The Bertz CT molecular complexity index is 410. The highest BCUT2D eigenvalue weighted by Crippen LogP contribution is 2.22. The lowest BCUT2D eigenvalue weighted by molar-refractivity contribution is 0.0502. The van der Waals surface area contributed by atoms with Crippen LogP contribution in [0.2, 0.25) is 0 Å². The largest absolute Gasteiger partial charge is 0.394 e. The van der Waals surface area contributed by atoms with E-state index in [0.717, 1.165) is 25.8 Å². The van der Waals surface area contributed by atoms with Gasteiger partial charge >= 0.3 is 0 Å². The molecule has 0 aromatic carbocycles. The highest BCUT2D eigenvalue weighted by molar-refractivity contribution is 7.17. The Morgan fingerprint density at radius 1 is 1.56 bits per heavy atom. The molecule has 1 aromatic rings. The predicted octanol–water partition coefficient (Wildman–Crippen LogP) is 0.957. The Morgan fingerprint density at radius 3 is 3.11 bits per heavy atom. The fourth-order valence-corrected chi connectivity index (χ4v) is 2.88. The van der Waals surface area contributed by atoms with Gasteiger partial charge in [-0.2, -0.15) is 0 Å².